The first-order valence-corrected chi connectivity index (χ1v) is 7.19. The van der Waals surface area contributed by atoms with Crippen LogP contribution in [0.4, 0.5) is 0 Å². The molecule has 2 N–H and O–H groups in total. The molecule has 1 aromatic heterocycles. The highest BCUT2D eigenvalue weighted by molar-refractivity contribution is 5.98. The number of hydrogen-bond donors (Lipinski definition) is 2. The molecule has 0 bridgehead atoms. The minimum Gasteiger partial charge on any atom is -0.361 e. The van der Waals surface area contributed by atoms with E-state index in [0.29, 0.717) is 6.04 Å². The van der Waals surface area contributed by atoms with Crippen molar-refractivity contribution in [1.82, 2.24) is 10.3 Å². The molecular formula is C16H18N2O. The molecular weight excluding hydrogens is 236 g/mol. The molecule has 98 valence electrons. The van der Waals surface area contributed by atoms with Crippen LogP contribution in [0.1, 0.15) is 36.0 Å². The van der Waals surface area contributed by atoms with E-state index in [4.69, 9.17) is 0 Å². The van der Waals surface area contributed by atoms with Gasteiger partial charge in [-0.05, 0) is 61.8 Å². The predicted octanol–water partition coefficient (Wildman–Crippen LogP) is 3.09. The van der Waals surface area contributed by atoms with E-state index in [-0.39, 0.29) is 5.91 Å². The lowest BCUT2D eigenvalue weighted by molar-refractivity contribution is 0.0926. The number of carbonyl (C=O) groups excluding carboxylic acids is 1. The highest BCUT2D eigenvalue weighted by atomic mass is 16.1. The second-order valence-corrected chi connectivity index (χ2v) is 5.95. The van der Waals surface area contributed by atoms with Gasteiger partial charge in [0.2, 0.25) is 0 Å². The van der Waals surface area contributed by atoms with Crippen LogP contribution in [0.2, 0.25) is 0 Å². The zero-order valence-electron chi connectivity index (χ0n) is 10.9. The van der Waals surface area contributed by atoms with Crippen molar-refractivity contribution in [3.8, 4) is 0 Å². The van der Waals surface area contributed by atoms with Gasteiger partial charge < -0.3 is 10.3 Å². The first-order valence-electron chi connectivity index (χ1n) is 7.19. The number of rotatable bonds is 4. The highest BCUT2D eigenvalue weighted by Crippen LogP contribution is 2.44. The maximum atomic E-state index is 12.4. The monoisotopic (exact) mass is 254 g/mol. The van der Waals surface area contributed by atoms with Crippen LogP contribution in [-0.4, -0.2) is 16.9 Å². The average Bonchev–Trinajstić information content (AvgIpc) is 3.33. The molecule has 3 heteroatoms. The van der Waals surface area contributed by atoms with Crippen LogP contribution >= 0.6 is 0 Å². The van der Waals surface area contributed by atoms with Crippen molar-refractivity contribution in [2.45, 2.75) is 31.7 Å². The Morgan fingerprint density at radius 3 is 2.58 bits per heavy atom. The molecule has 2 saturated carbocycles. The highest BCUT2D eigenvalue weighted by Gasteiger charge is 2.42. The van der Waals surface area contributed by atoms with Gasteiger partial charge in [-0.1, -0.05) is 0 Å². The molecule has 2 aliphatic rings. The molecule has 0 aliphatic heterocycles. The number of aromatic amines is 1. The van der Waals surface area contributed by atoms with E-state index in [1.807, 2.05) is 30.5 Å². The van der Waals surface area contributed by atoms with Crippen molar-refractivity contribution in [2.24, 2.45) is 11.8 Å². The molecule has 0 atom stereocenters. The molecule has 0 saturated heterocycles. The molecule has 0 radical (unpaired) electrons. The molecule has 1 amide bonds. The third kappa shape index (κ3) is 2.14. The molecule has 2 fully saturated rings. The van der Waals surface area contributed by atoms with Crippen molar-refractivity contribution in [2.75, 3.05) is 0 Å². The van der Waals surface area contributed by atoms with Gasteiger partial charge in [0.25, 0.3) is 5.91 Å². The maximum absolute atomic E-state index is 12.4. The number of fused-ring (bicyclic) bond motifs is 1. The molecule has 0 unspecified atom stereocenters. The second kappa shape index (κ2) is 4.12. The second-order valence-electron chi connectivity index (χ2n) is 5.95. The number of H-pyrrole nitrogens is 1. The lowest BCUT2D eigenvalue weighted by Gasteiger charge is -2.17. The molecule has 1 aromatic carbocycles. The normalized spacial score (nSPS) is 19.0. The standard InChI is InChI=1S/C16H18N2O/c19-16(18-15(10-1-2-10)11-3-4-11)13-5-6-14-12(9-13)7-8-17-14/h5-11,15,17H,1-4H2,(H,18,19). The lowest BCUT2D eigenvalue weighted by atomic mass is 10.1. The summed E-state index contributed by atoms with van der Waals surface area (Å²) >= 11 is 0. The summed E-state index contributed by atoms with van der Waals surface area (Å²) in [6.07, 6.45) is 7.07. The fourth-order valence-corrected chi connectivity index (χ4v) is 2.96. The number of benzene rings is 1. The summed E-state index contributed by atoms with van der Waals surface area (Å²) in [6, 6.07) is 8.29. The van der Waals surface area contributed by atoms with Crippen LogP contribution in [0, 0.1) is 11.8 Å². The van der Waals surface area contributed by atoms with Crippen molar-refractivity contribution in [1.29, 1.82) is 0 Å². The summed E-state index contributed by atoms with van der Waals surface area (Å²) < 4.78 is 0. The van der Waals surface area contributed by atoms with Gasteiger partial charge in [-0.25, -0.2) is 0 Å². The van der Waals surface area contributed by atoms with Gasteiger partial charge >= 0.3 is 0 Å². The Kier molecular flexibility index (Phi) is 2.40. The first-order chi connectivity index (χ1) is 9.31. The molecule has 3 nitrogen and oxygen atoms in total. The Morgan fingerprint density at radius 2 is 1.89 bits per heavy atom. The smallest absolute Gasteiger partial charge is 0.251 e. The van der Waals surface area contributed by atoms with Crippen molar-refractivity contribution in [3.63, 3.8) is 0 Å². The van der Waals surface area contributed by atoms with E-state index in [9.17, 15) is 4.79 Å². The van der Waals surface area contributed by atoms with Crippen LogP contribution in [0.5, 0.6) is 0 Å². The molecule has 2 aliphatic carbocycles. The van der Waals surface area contributed by atoms with Gasteiger partial charge in [0.1, 0.15) is 0 Å². The van der Waals surface area contributed by atoms with E-state index in [1.54, 1.807) is 0 Å². The fraction of sp³-hybridized carbons (Fsp3) is 0.438. The van der Waals surface area contributed by atoms with Gasteiger partial charge in [0.15, 0.2) is 0 Å². The topological polar surface area (TPSA) is 44.9 Å². The summed E-state index contributed by atoms with van der Waals surface area (Å²) in [4.78, 5) is 15.5. The van der Waals surface area contributed by atoms with Gasteiger partial charge in [0, 0.05) is 28.7 Å². The Hall–Kier alpha value is -1.77. The minimum atomic E-state index is 0.0897. The van der Waals surface area contributed by atoms with Crippen LogP contribution in [0.15, 0.2) is 30.5 Å². The molecule has 2 aromatic rings. The SMILES string of the molecule is O=C(NC(C1CC1)C1CC1)c1ccc2[nH]ccc2c1. The third-order valence-electron chi connectivity index (χ3n) is 4.37. The maximum Gasteiger partial charge on any atom is 0.251 e. The molecule has 1 heterocycles. The van der Waals surface area contributed by atoms with Crippen molar-refractivity contribution >= 4 is 16.8 Å². The van der Waals surface area contributed by atoms with Crippen LogP contribution in [0.3, 0.4) is 0 Å². The number of aromatic nitrogens is 1. The van der Waals surface area contributed by atoms with E-state index >= 15 is 0 Å². The van der Waals surface area contributed by atoms with Crippen molar-refractivity contribution in [3.05, 3.63) is 36.0 Å². The van der Waals surface area contributed by atoms with E-state index < -0.39 is 0 Å². The summed E-state index contributed by atoms with van der Waals surface area (Å²) in [7, 11) is 0. The van der Waals surface area contributed by atoms with Crippen LogP contribution in [0.25, 0.3) is 10.9 Å². The lowest BCUT2D eigenvalue weighted by Crippen LogP contribution is -2.38. The molecule has 19 heavy (non-hydrogen) atoms. The third-order valence-corrected chi connectivity index (χ3v) is 4.37. The number of nitrogens with one attached hydrogen (secondary N) is 2. The largest absolute Gasteiger partial charge is 0.361 e. The van der Waals surface area contributed by atoms with Gasteiger partial charge in [-0.3, -0.25) is 4.79 Å². The zero-order valence-corrected chi connectivity index (χ0v) is 10.9. The molecule has 0 spiro atoms. The summed E-state index contributed by atoms with van der Waals surface area (Å²) in [6.45, 7) is 0. The average molecular weight is 254 g/mol. The van der Waals surface area contributed by atoms with Gasteiger partial charge in [-0.15, -0.1) is 0 Å². The van der Waals surface area contributed by atoms with E-state index in [0.717, 1.165) is 28.3 Å². The van der Waals surface area contributed by atoms with Gasteiger partial charge in [0.05, 0.1) is 0 Å². The minimum absolute atomic E-state index is 0.0897. The quantitative estimate of drug-likeness (QED) is 0.865. The Labute approximate surface area is 112 Å². The number of hydrogen-bond acceptors (Lipinski definition) is 1. The Bertz CT molecular complexity index is 610. The molecule has 4 rings (SSSR count). The Morgan fingerprint density at radius 1 is 1.16 bits per heavy atom. The van der Waals surface area contributed by atoms with Crippen LogP contribution in [-0.2, 0) is 0 Å². The first kappa shape index (κ1) is 11.1. The number of carbonyl (C=O) groups is 1. The predicted molar refractivity (Wildman–Crippen MR) is 75.0 cm³/mol. The summed E-state index contributed by atoms with van der Waals surface area (Å²) in [5.41, 5.74) is 1.86. The van der Waals surface area contributed by atoms with Gasteiger partial charge in [-0.2, -0.15) is 0 Å². The van der Waals surface area contributed by atoms with E-state index in [2.05, 4.69) is 10.3 Å². The fourth-order valence-electron chi connectivity index (χ4n) is 2.96. The number of amides is 1. The Balaban J connectivity index is 1.55. The summed E-state index contributed by atoms with van der Waals surface area (Å²) in [5, 5.41) is 4.36. The van der Waals surface area contributed by atoms with Crippen LogP contribution < -0.4 is 5.32 Å². The zero-order chi connectivity index (χ0) is 12.8. The summed E-state index contributed by atoms with van der Waals surface area (Å²) in [5.74, 6) is 1.58. The van der Waals surface area contributed by atoms with Crippen molar-refractivity contribution < 1.29 is 4.79 Å². The van der Waals surface area contributed by atoms with E-state index in [1.165, 1.54) is 25.7 Å².